The van der Waals surface area contributed by atoms with Crippen LogP contribution in [0.2, 0.25) is 0 Å². The molecule has 0 saturated heterocycles. The molecule has 0 fully saturated rings. The summed E-state index contributed by atoms with van der Waals surface area (Å²) in [6.07, 6.45) is 2.01. The Morgan fingerprint density at radius 2 is 1.89 bits per heavy atom. The third-order valence-corrected chi connectivity index (χ3v) is 3.20. The Bertz CT molecular complexity index is 685. The van der Waals surface area contributed by atoms with Gasteiger partial charge in [0.15, 0.2) is 0 Å². The van der Waals surface area contributed by atoms with Crippen molar-refractivity contribution in [3.63, 3.8) is 0 Å². The van der Waals surface area contributed by atoms with Gasteiger partial charge in [0, 0.05) is 12.7 Å². The monoisotopic (exact) mass is 251 g/mol. The second-order valence-corrected chi connectivity index (χ2v) is 4.56. The number of hydrogen-bond acceptors (Lipinski definition) is 2. The lowest BCUT2D eigenvalue weighted by atomic mass is 10.1. The van der Waals surface area contributed by atoms with Crippen molar-refractivity contribution in [2.24, 2.45) is 0 Å². The summed E-state index contributed by atoms with van der Waals surface area (Å²) < 4.78 is 1.93. The summed E-state index contributed by atoms with van der Waals surface area (Å²) in [4.78, 5) is 0. The van der Waals surface area contributed by atoms with Crippen molar-refractivity contribution in [2.45, 2.75) is 13.5 Å². The molecule has 0 bridgehead atoms. The average molecular weight is 251 g/mol. The molecular weight excluding hydrogens is 234 g/mol. The number of benzene rings is 2. The number of aromatic nitrogens is 2. The van der Waals surface area contributed by atoms with Crippen LogP contribution in [0.3, 0.4) is 0 Å². The minimum absolute atomic E-state index is 0.817. The highest BCUT2D eigenvalue weighted by atomic mass is 15.3. The first-order valence-electron chi connectivity index (χ1n) is 6.61. The van der Waals surface area contributed by atoms with Crippen molar-refractivity contribution in [3.8, 4) is 5.69 Å². The van der Waals surface area contributed by atoms with Gasteiger partial charge in [0.05, 0.1) is 11.4 Å². The molecule has 2 aromatic carbocycles. The lowest BCUT2D eigenvalue weighted by molar-refractivity contribution is 0.697. The van der Waals surface area contributed by atoms with Crippen molar-refractivity contribution in [1.29, 1.82) is 0 Å². The van der Waals surface area contributed by atoms with Gasteiger partial charge in [-0.3, -0.25) is 0 Å². The molecule has 3 nitrogen and oxygen atoms in total. The molecule has 1 aromatic heterocycles. The molecule has 3 aromatic rings. The van der Waals surface area contributed by atoms with E-state index in [-0.39, 0.29) is 0 Å². The predicted molar refractivity (Wildman–Crippen MR) is 78.5 cm³/mol. The summed E-state index contributed by atoms with van der Waals surface area (Å²) in [5, 5.41) is 10.4. The van der Waals surface area contributed by atoms with Crippen molar-refractivity contribution in [2.75, 3.05) is 6.54 Å². The molecule has 0 unspecified atom stereocenters. The Morgan fingerprint density at radius 1 is 1.05 bits per heavy atom. The van der Waals surface area contributed by atoms with Crippen molar-refractivity contribution < 1.29 is 0 Å². The lowest BCUT2D eigenvalue weighted by Crippen LogP contribution is -2.12. The minimum Gasteiger partial charge on any atom is -0.311 e. The van der Waals surface area contributed by atoms with Crippen LogP contribution in [0.25, 0.3) is 16.5 Å². The molecule has 0 atom stereocenters. The number of nitrogens with one attached hydrogen (secondary N) is 1. The van der Waals surface area contributed by atoms with Gasteiger partial charge in [-0.2, -0.15) is 5.10 Å². The van der Waals surface area contributed by atoms with Crippen LogP contribution in [0.5, 0.6) is 0 Å². The van der Waals surface area contributed by atoms with E-state index in [1.54, 1.807) is 0 Å². The van der Waals surface area contributed by atoms with E-state index in [9.17, 15) is 0 Å². The first-order valence-corrected chi connectivity index (χ1v) is 6.61. The summed E-state index contributed by atoms with van der Waals surface area (Å²) in [7, 11) is 0. The first kappa shape index (κ1) is 11.9. The van der Waals surface area contributed by atoms with Gasteiger partial charge in [0.2, 0.25) is 0 Å². The summed E-state index contributed by atoms with van der Waals surface area (Å²) in [5.41, 5.74) is 2.16. The molecule has 3 rings (SSSR count). The van der Waals surface area contributed by atoms with Gasteiger partial charge >= 0.3 is 0 Å². The van der Waals surface area contributed by atoms with E-state index in [0.29, 0.717) is 0 Å². The van der Waals surface area contributed by atoms with Crippen LogP contribution in [0, 0.1) is 0 Å². The number of rotatable bonds is 4. The molecule has 0 aliphatic carbocycles. The summed E-state index contributed by atoms with van der Waals surface area (Å²) in [6.45, 7) is 3.88. The third kappa shape index (κ3) is 2.51. The van der Waals surface area contributed by atoms with Crippen LogP contribution in [0.1, 0.15) is 12.6 Å². The fourth-order valence-electron chi connectivity index (χ4n) is 2.17. The van der Waals surface area contributed by atoms with Crippen LogP contribution >= 0.6 is 0 Å². The third-order valence-electron chi connectivity index (χ3n) is 3.20. The normalized spacial score (nSPS) is 11.0. The second-order valence-electron chi connectivity index (χ2n) is 4.56. The Balaban J connectivity index is 1.92. The lowest BCUT2D eigenvalue weighted by Gasteiger charge is -2.04. The quantitative estimate of drug-likeness (QED) is 0.772. The van der Waals surface area contributed by atoms with Gasteiger partial charge in [0.25, 0.3) is 0 Å². The zero-order chi connectivity index (χ0) is 13.1. The summed E-state index contributed by atoms with van der Waals surface area (Å²) in [5.74, 6) is 0. The van der Waals surface area contributed by atoms with Gasteiger partial charge in [-0.15, -0.1) is 0 Å². The number of hydrogen-bond donors (Lipinski definition) is 1. The molecule has 0 spiro atoms. The van der Waals surface area contributed by atoms with Crippen molar-refractivity contribution in [3.05, 3.63) is 60.4 Å². The highest BCUT2D eigenvalue weighted by Gasteiger charge is 2.01. The fourth-order valence-corrected chi connectivity index (χ4v) is 2.17. The standard InChI is InChI=1S/C16H17N3/c1-2-17-12-15-9-10-19(18-15)16-8-7-13-5-3-4-6-14(13)11-16/h3-11,17H,2,12H2,1H3. The second kappa shape index (κ2) is 5.24. The molecule has 0 radical (unpaired) electrons. The predicted octanol–water partition coefficient (Wildman–Crippen LogP) is 3.14. The summed E-state index contributed by atoms with van der Waals surface area (Å²) in [6, 6.07) is 16.8. The largest absolute Gasteiger partial charge is 0.311 e. The zero-order valence-electron chi connectivity index (χ0n) is 11.0. The highest BCUT2D eigenvalue weighted by molar-refractivity contribution is 5.84. The van der Waals surface area contributed by atoms with Gasteiger partial charge in [-0.1, -0.05) is 37.3 Å². The van der Waals surface area contributed by atoms with E-state index in [1.807, 2.05) is 10.9 Å². The Kier molecular flexibility index (Phi) is 3.29. The summed E-state index contributed by atoms with van der Waals surface area (Å²) >= 11 is 0. The van der Waals surface area contributed by atoms with Crippen molar-refractivity contribution >= 4 is 10.8 Å². The number of nitrogens with zero attached hydrogens (tertiary/aromatic N) is 2. The zero-order valence-corrected chi connectivity index (χ0v) is 11.0. The van der Waals surface area contributed by atoms with Gasteiger partial charge in [-0.05, 0) is 35.5 Å². The molecule has 0 aliphatic heterocycles. The maximum atomic E-state index is 4.58. The van der Waals surface area contributed by atoms with Gasteiger partial charge in [-0.25, -0.2) is 4.68 Å². The average Bonchev–Trinajstić information content (AvgIpc) is 2.93. The van der Waals surface area contributed by atoms with Gasteiger partial charge < -0.3 is 5.32 Å². The van der Waals surface area contributed by atoms with E-state index < -0.39 is 0 Å². The van der Waals surface area contributed by atoms with E-state index >= 15 is 0 Å². The molecule has 96 valence electrons. The maximum absolute atomic E-state index is 4.58. The molecule has 0 aliphatic rings. The molecular formula is C16H17N3. The van der Waals surface area contributed by atoms with Crippen LogP contribution in [0.4, 0.5) is 0 Å². The van der Waals surface area contributed by atoms with E-state index in [1.165, 1.54) is 10.8 Å². The Labute approximate surface area is 112 Å². The Morgan fingerprint density at radius 3 is 2.74 bits per heavy atom. The van der Waals surface area contributed by atoms with E-state index in [0.717, 1.165) is 24.5 Å². The SMILES string of the molecule is CCNCc1ccn(-c2ccc3ccccc3c2)n1. The molecule has 19 heavy (non-hydrogen) atoms. The van der Waals surface area contributed by atoms with Crippen LogP contribution < -0.4 is 5.32 Å². The molecule has 0 amide bonds. The van der Waals surface area contributed by atoms with Crippen molar-refractivity contribution in [1.82, 2.24) is 15.1 Å². The topological polar surface area (TPSA) is 29.9 Å². The Hall–Kier alpha value is -2.13. The van der Waals surface area contributed by atoms with E-state index in [2.05, 4.69) is 65.9 Å². The smallest absolute Gasteiger partial charge is 0.0766 e. The van der Waals surface area contributed by atoms with Crippen LogP contribution in [-0.4, -0.2) is 16.3 Å². The maximum Gasteiger partial charge on any atom is 0.0766 e. The fraction of sp³-hybridized carbons (Fsp3) is 0.188. The molecule has 1 heterocycles. The molecule has 0 saturated carbocycles. The minimum atomic E-state index is 0.817. The van der Waals surface area contributed by atoms with Crippen LogP contribution in [-0.2, 0) is 6.54 Å². The van der Waals surface area contributed by atoms with E-state index in [4.69, 9.17) is 0 Å². The molecule has 3 heteroatoms. The number of fused-ring (bicyclic) bond motifs is 1. The molecule has 1 N–H and O–H groups in total. The van der Waals surface area contributed by atoms with Crippen LogP contribution in [0.15, 0.2) is 54.7 Å². The van der Waals surface area contributed by atoms with Gasteiger partial charge in [0.1, 0.15) is 0 Å². The highest BCUT2D eigenvalue weighted by Crippen LogP contribution is 2.18. The first-order chi connectivity index (χ1) is 9.36.